The van der Waals surface area contributed by atoms with Gasteiger partial charge in [0.2, 0.25) is 0 Å². The number of hydrogen-bond donors (Lipinski definition) is 0. The Labute approximate surface area is 168 Å². The third-order valence-corrected chi connectivity index (χ3v) is 9.17. The van der Waals surface area contributed by atoms with Crippen molar-refractivity contribution in [1.82, 2.24) is 0 Å². The first-order chi connectivity index (χ1) is 12.3. The molecule has 2 unspecified atom stereocenters. The van der Waals surface area contributed by atoms with Gasteiger partial charge in [-0.15, -0.1) is 0 Å². The molecule has 0 radical (unpaired) electrons. The molecule has 2 aliphatic heterocycles. The van der Waals surface area contributed by atoms with E-state index in [1.165, 1.54) is 5.56 Å². The summed E-state index contributed by atoms with van der Waals surface area (Å²) in [5, 5.41) is 0.254. The molecule has 2 nitrogen and oxygen atoms in total. The average Bonchev–Trinajstić information content (AvgIpc) is 2.98. The Morgan fingerprint density at radius 3 is 2.42 bits per heavy atom. The maximum absolute atomic E-state index is 13.5. The van der Waals surface area contributed by atoms with Crippen LogP contribution in [0.5, 0.6) is 0 Å². The summed E-state index contributed by atoms with van der Waals surface area (Å²) >= 11 is 5.68. The molecule has 0 saturated carbocycles. The van der Waals surface area contributed by atoms with Gasteiger partial charge in [-0.1, -0.05) is 52.8 Å². The van der Waals surface area contributed by atoms with Gasteiger partial charge in [0.1, 0.15) is 0 Å². The van der Waals surface area contributed by atoms with Gasteiger partial charge in [-0.05, 0) is 67.8 Å². The van der Waals surface area contributed by atoms with Crippen molar-refractivity contribution in [3.05, 3.63) is 64.7 Å². The van der Waals surface area contributed by atoms with Crippen molar-refractivity contribution in [2.45, 2.75) is 44.4 Å². The van der Waals surface area contributed by atoms with Crippen LogP contribution in [0.2, 0.25) is 0 Å². The molecule has 0 aromatic heterocycles. The maximum Gasteiger partial charge on any atom is 0.258 e. The van der Waals surface area contributed by atoms with Crippen molar-refractivity contribution < 1.29 is 4.79 Å². The first-order valence-corrected chi connectivity index (χ1v) is 11.3. The summed E-state index contributed by atoms with van der Waals surface area (Å²) in [6, 6.07) is 14.3. The molecule has 2 atom stereocenters. The van der Waals surface area contributed by atoms with E-state index < -0.39 is 0 Å². The minimum atomic E-state index is -0.328. The van der Waals surface area contributed by atoms with Gasteiger partial charge in [0.05, 0.1) is 15.0 Å². The van der Waals surface area contributed by atoms with Crippen molar-refractivity contribution in [1.29, 1.82) is 0 Å². The zero-order chi connectivity index (χ0) is 18.6. The Hall–Kier alpha value is -1.30. The third-order valence-electron chi connectivity index (χ3n) is 5.33. The number of carbonyl (C=O) groups excluding carboxylic acids is 1. The fraction of sp³-hybridized carbons (Fsp3) is 0.333. The van der Waals surface area contributed by atoms with Crippen LogP contribution in [0, 0.1) is 13.8 Å². The highest BCUT2D eigenvalue weighted by molar-refractivity contribution is 8.84. The average molecular weight is 400 g/mol. The Kier molecular flexibility index (Phi) is 4.45. The zero-order valence-electron chi connectivity index (χ0n) is 15.3. The predicted octanol–water partition coefficient (Wildman–Crippen LogP) is 5.92. The third kappa shape index (κ3) is 2.72. The van der Waals surface area contributed by atoms with Gasteiger partial charge >= 0.3 is 0 Å². The number of amides is 1. The second kappa shape index (κ2) is 6.39. The number of anilines is 1. The second-order valence-electron chi connectivity index (χ2n) is 7.62. The molecule has 1 amide bonds. The normalized spacial score (nSPS) is 23.5. The van der Waals surface area contributed by atoms with Crippen molar-refractivity contribution in [3.63, 3.8) is 0 Å². The summed E-state index contributed by atoms with van der Waals surface area (Å²) in [5.74, 6) is 0.274. The second-order valence-corrected chi connectivity index (χ2v) is 10.7. The number of aryl methyl sites for hydroxylation is 2. The van der Waals surface area contributed by atoms with E-state index in [1.54, 1.807) is 10.8 Å². The summed E-state index contributed by atoms with van der Waals surface area (Å²) in [4.78, 5) is 15.6. The smallest absolute Gasteiger partial charge is 0.258 e. The first kappa shape index (κ1) is 18.1. The van der Waals surface area contributed by atoms with E-state index in [9.17, 15) is 4.79 Å². The Morgan fingerprint density at radius 1 is 1.08 bits per heavy atom. The highest BCUT2D eigenvalue weighted by atomic mass is 33.1. The monoisotopic (exact) mass is 399 g/mol. The lowest BCUT2D eigenvalue weighted by Crippen LogP contribution is -2.58. The van der Waals surface area contributed by atoms with Crippen molar-refractivity contribution in [2.75, 3.05) is 4.90 Å². The van der Waals surface area contributed by atoms with Crippen LogP contribution in [0.25, 0.3) is 0 Å². The molecule has 0 bridgehead atoms. The molecule has 2 aromatic rings. The topological polar surface area (TPSA) is 20.3 Å². The van der Waals surface area contributed by atoms with Crippen LogP contribution >= 0.6 is 33.8 Å². The lowest BCUT2D eigenvalue weighted by molar-refractivity contribution is 0.0957. The van der Waals surface area contributed by atoms with Gasteiger partial charge in [0, 0.05) is 17.2 Å². The van der Waals surface area contributed by atoms with Gasteiger partial charge < -0.3 is 4.90 Å². The molecule has 26 heavy (non-hydrogen) atoms. The molecule has 2 aliphatic rings. The van der Waals surface area contributed by atoms with Crippen LogP contribution < -0.4 is 4.90 Å². The van der Waals surface area contributed by atoms with Crippen LogP contribution in [0.1, 0.15) is 46.8 Å². The molecule has 134 valence electrons. The molecular formula is C21H21NOS3. The molecule has 0 aliphatic carbocycles. The number of thiocarbonyl (C=S) groups is 1. The van der Waals surface area contributed by atoms with Gasteiger partial charge in [0.15, 0.2) is 0 Å². The van der Waals surface area contributed by atoms with Crippen LogP contribution in [0.4, 0.5) is 5.69 Å². The van der Waals surface area contributed by atoms with Crippen molar-refractivity contribution in [3.8, 4) is 0 Å². The van der Waals surface area contributed by atoms with Gasteiger partial charge in [-0.3, -0.25) is 4.79 Å². The quantitative estimate of drug-likeness (QED) is 0.438. The van der Waals surface area contributed by atoms with Crippen molar-refractivity contribution >= 4 is 49.6 Å². The summed E-state index contributed by atoms with van der Waals surface area (Å²) in [6.45, 7) is 8.45. The number of benzene rings is 2. The highest BCUT2D eigenvalue weighted by Gasteiger charge is 2.53. The maximum atomic E-state index is 13.5. The summed E-state index contributed by atoms with van der Waals surface area (Å²) in [5.41, 5.74) is 4.90. The molecule has 4 rings (SSSR count). The van der Waals surface area contributed by atoms with Gasteiger partial charge in [0.25, 0.3) is 5.91 Å². The highest BCUT2D eigenvalue weighted by Crippen LogP contribution is 2.59. The Morgan fingerprint density at radius 2 is 1.73 bits per heavy atom. The largest absolute Gasteiger partial charge is 0.301 e. The van der Waals surface area contributed by atoms with Gasteiger partial charge in [-0.2, -0.15) is 0 Å². The number of rotatable bonds is 1. The summed E-state index contributed by atoms with van der Waals surface area (Å²) in [7, 11) is 3.50. The van der Waals surface area contributed by atoms with E-state index in [4.69, 9.17) is 12.2 Å². The van der Waals surface area contributed by atoms with E-state index in [-0.39, 0.29) is 22.6 Å². The Balaban J connectivity index is 1.90. The van der Waals surface area contributed by atoms with E-state index >= 15 is 0 Å². The van der Waals surface area contributed by atoms with Crippen molar-refractivity contribution in [2.24, 2.45) is 0 Å². The zero-order valence-corrected chi connectivity index (χ0v) is 17.7. The Bertz CT molecular complexity index is 904. The molecule has 0 spiro atoms. The van der Waals surface area contributed by atoms with E-state index in [2.05, 4.69) is 39.0 Å². The van der Waals surface area contributed by atoms with Gasteiger partial charge in [-0.25, -0.2) is 0 Å². The SMILES string of the molecule is Cc1ccc(C(=O)N2c3cc(C)ccc3C3C(=S)SSC3C2(C)C)cc1. The molecule has 1 saturated heterocycles. The van der Waals surface area contributed by atoms with Crippen LogP contribution in [-0.4, -0.2) is 20.9 Å². The first-order valence-electron chi connectivity index (χ1n) is 8.69. The molecule has 2 aromatic carbocycles. The standard InChI is InChI=1S/C21H21NOS3/c1-12-5-8-14(9-6-12)19(23)22-16-11-13(2)7-10-15(16)17-18(21(22,3)4)25-26-20(17)24/h5-11,17-18H,1-4H3. The fourth-order valence-electron chi connectivity index (χ4n) is 3.89. The van der Waals surface area contributed by atoms with Crippen LogP contribution in [0.15, 0.2) is 42.5 Å². The van der Waals surface area contributed by atoms with E-state index in [1.807, 2.05) is 46.9 Å². The summed E-state index contributed by atoms with van der Waals surface area (Å²) in [6.07, 6.45) is 0. The number of nitrogens with zero attached hydrogens (tertiary/aromatic N) is 1. The van der Waals surface area contributed by atoms with E-state index in [0.717, 1.165) is 26.6 Å². The van der Waals surface area contributed by atoms with Crippen LogP contribution in [-0.2, 0) is 0 Å². The lowest BCUT2D eigenvalue weighted by Gasteiger charge is -2.49. The molecular weight excluding hydrogens is 378 g/mol. The minimum Gasteiger partial charge on any atom is -0.301 e. The lowest BCUT2D eigenvalue weighted by atomic mass is 9.78. The molecule has 0 N–H and O–H groups in total. The number of carbonyl (C=O) groups is 1. The molecule has 1 fully saturated rings. The molecule has 5 heteroatoms. The van der Waals surface area contributed by atoms with Crippen LogP contribution in [0.3, 0.4) is 0 Å². The minimum absolute atomic E-state index is 0.0590. The number of hydrogen-bond acceptors (Lipinski definition) is 4. The summed E-state index contributed by atoms with van der Waals surface area (Å²) < 4.78 is 1.03. The fourth-order valence-corrected chi connectivity index (χ4v) is 7.93. The molecule has 2 heterocycles. The van der Waals surface area contributed by atoms with E-state index in [0.29, 0.717) is 0 Å². The number of fused-ring (bicyclic) bond motifs is 3. The predicted molar refractivity (Wildman–Crippen MR) is 118 cm³/mol.